The SMILES string of the molecule is CCCCc1ccc(C[C@H](N)C(=O)OC)cc1.Cl. The molecule has 1 atom stereocenters. The molecular formula is C14H22ClNO2. The van der Waals surface area contributed by atoms with Gasteiger partial charge in [-0.1, -0.05) is 37.6 Å². The maximum absolute atomic E-state index is 11.2. The summed E-state index contributed by atoms with van der Waals surface area (Å²) in [7, 11) is 1.36. The maximum Gasteiger partial charge on any atom is 0.322 e. The van der Waals surface area contributed by atoms with Crippen LogP contribution in [0.5, 0.6) is 0 Å². The van der Waals surface area contributed by atoms with Crippen molar-refractivity contribution in [2.24, 2.45) is 5.73 Å². The first-order chi connectivity index (χ1) is 8.17. The van der Waals surface area contributed by atoms with Crippen LogP contribution in [-0.2, 0) is 22.4 Å². The van der Waals surface area contributed by atoms with Crippen LogP contribution in [0, 0.1) is 0 Å². The lowest BCUT2D eigenvalue weighted by Gasteiger charge is -2.09. The van der Waals surface area contributed by atoms with E-state index in [1.165, 1.54) is 25.5 Å². The third-order valence-electron chi connectivity index (χ3n) is 2.80. The molecule has 0 unspecified atom stereocenters. The summed E-state index contributed by atoms with van der Waals surface area (Å²) in [6.07, 6.45) is 4.05. The van der Waals surface area contributed by atoms with Crippen molar-refractivity contribution in [1.82, 2.24) is 0 Å². The molecule has 0 aliphatic heterocycles. The van der Waals surface area contributed by atoms with Crippen LogP contribution < -0.4 is 5.73 Å². The normalized spacial score (nSPS) is 11.5. The van der Waals surface area contributed by atoms with E-state index in [0.29, 0.717) is 6.42 Å². The number of benzene rings is 1. The number of halogens is 1. The number of carbonyl (C=O) groups excluding carboxylic acids is 1. The zero-order valence-electron chi connectivity index (χ0n) is 11.0. The molecule has 3 nitrogen and oxygen atoms in total. The quantitative estimate of drug-likeness (QED) is 0.809. The largest absolute Gasteiger partial charge is 0.468 e. The van der Waals surface area contributed by atoms with Crippen molar-refractivity contribution in [2.75, 3.05) is 7.11 Å². The van der Waals surface area contributed by atoms with E-state index in [9.17, 15) is 4.79 Å². The molecule has 0 bridgehead atoms. The van der Waals surface area contributed by atoms with E-state index < -0.39 is 6.04 Å². The number of methoxy groups -OCH3 is 1. The summed E-state index contributed by atoms with van der Waals surface area (Å²) in [5, 5.41) is 0. The van der Waals surface area contributed by atoms with Crippen LogP contribution in [0.4, 0.5) is 0 Å². The first-order valence-corrected chi connectivity index (χ1v) is 6.08. The van der Waals surface area contributed by atoms with E-state index >= 15 is 0 Å². The van der Waals surface area contributed by atoms with Crippen LogP contribution in [0.15, 0.2) is 24.3 Å². The van der Waals surface area contributed by atoms with Gasteiger partial charge in [0.15, 0.2) is 0 Å². The predicted molar refractivity (Wildman–Crippen MR) is 76.0 cm³/mol. The van der Waals surface area contributed by atoms with Crippen molar-refractivity contribution in [3.63, 3.8) is 0 Å². The lowest BCUT2D eigenvalue weighted by molar-refractivity contribution is -0.142. The Kier molecular flexibility index (Phi) is 8.42. The molecule has 0 saturated carbocycles. The molecule has 0 heterocycles. The monoisotopic (exact) mass is 271 g/mol. The highest BCUT2D eigenvalue weighted by Crippen LogP contribution is 2.09. The fourth-order valence-corrected chi connectivity index (χ4v) is 1.71. The van der Waals surface area contributed by atoms with Crippen molar-refractivity contribution in [3.8, 4) is 0 Å². The van der Waals surface area contributed by atoms with Crippen molar-refractivity contribution in [2.45, 2.75) is 38.6 Å². The van der Waals surface area contributed by atoms with Gasteiger partial charge in [-0.3, -0.25) is 4.79 Å². The van der Waals surface area contributed by atoms with Crippen molar-refractivity contribution < 1.29 is 9.53 Å². The third kappa shape index (κ3) is 5.52. The number of unbranched alkanes of at least 4 members (excludes halogenated alkanes) is 1. The van der Waals surface area contributed by atoms with Gasteiger partial charge < -0.3 is 10.5 Å². The number of nitrogens with two attached hydrogens (primary N) is 1. The zero-order chi connectivity index (χ0) is 12.7. The minimum Gasteiger partial charge on any atom is -0.468 e. The first-order valence-electron chi connectivity index (χ1n) is 6.08. The van der Waals surface area contributed by atoms with Crippen LogP contribution >= 0.6 is 12.4 Å². The van der Waals surface area contributed by atoms with Crippen molar-refractivity contribution in [3.05, 3.63) is 35.4 Å². The van der Waals surface area contributed by atoms with Crippen LogP contribution in [-0.4, -0.2) is 19.1 Å². The Bertz CT molecular complexity index is 351. The van der Waals surface area contributed by atoms with Crippen molar-refractivity contribution in [1.29, 1.82) is 0 Å². The number of hydrogen-bond acceptors (Lipinski definition) is 3. The van der Waals surface area contributed by atoms with Gasteiger partial charge in [-0.2, -0.15) is 0 Å². The predicted octanol–water partition coefficient (Wildman–Crippen LogP) is 2.49. The Balaban J connectivity index is 0.00000289. The van der Waals surface area contributed by atoms with Gasteiger partial charge in [0.1, 0.15) is 6.04 Å². The maximum atomic E-state index is 11.2. The van der Waals surface area contributed by atoms with E-state index in [4.69, 9.17) is 5.73 Å². The molecule has 0 aromatic heterocycles. The van der Waals surface area contributed by atoms with Gasteiger partial charge in [0.05, 0.1) is 7.11 Å². The number of ether oxygens (including phenoxy) is 1. The molecule has 4 heteroatoms. The fraction of sp³-hybridized carbons (Fsp3) is 0.500. The minimum absolute atomic E-state index is 0. The molecule has 1 aromatic carbocycles. The molecule has 18 heavy (non-hydrogen) atoms. The summed E-state index contributed by atoms with van der Waals surface area (Å²) in [5.74, 6) is -0.361. The highest BCUT2D eigenvalue weighted by molar-refractivity contribution is 5.85. The summed E-state index contributed by atoms with van der Waals surface area (Å²) in [6.45, 7) is 2.18. The first kappa shape index (κ1) is 16.9. The average Bonchev–Trinajstić information content (AvgIpc) is 2.37. The molecule has 0 fully saturated rings. The molecule has 0 aliphatic carbocycles. The second-order valence-corrected chi connectivity index (χ2v) is 4.25. The fourth-order valence-electron chi connectivity index (χ4n) is 1.71. The molecule has 1 rings (SSSR count). The van der Waals surface area contributed by atoms with Crippen LogP contribution in [0.2, 0.25) is 0 Å². The van der Waals surface area contributed by atoms with Gasteiger partial charge in [0.25, 0.3) is 0 Å². The molecule has 0 amide bonds. The number of rotatable bonds is 6. The minimum atomic E-state index is -0.568. The lowest BCUT2D eigenvalue weighted by Crippen LogP contribution is -2.33. The summed E-state index contributed by atoms with van der Waals surface area (Å²) in [6, 6.07) is 7.72. The topological polar surface area (TPSA) is 52.3 Å². The van der Waals surface area contributed by atoms with Gasteiger partial charge in [0, 0.05) is 0 Å². The molecule has 2 N–H and O–H groups in total. The van der Waals surface area contributed by atoms with Gasteiger partial charge in [-0.15, -0.1) is 12.4 Å². The summed E-state index contributed by atoms with van der Waals surface area (Å²) in [5.41, 5.74) is 8.11. The van der Waals surface area contributed by atoms with Gasteiger partial charge >= 0.3 is 5.97 Å². The van der Waals surface area contributed by atoms with E-state index in [-0.39, 0.29) is 18.4 Å². The molecule has 0 spiro atoms. The van der Waals surface area contributed by atoms with Crippen LogP contribution in [0.3, 0.4) is 0 Å². The van der Waals surface area contributed by atoms with E-state index in [2.05, 4.69) is 23.8 Å². The Hall–Kier alpha value is -1.06. The Morgan fingerprint density at radius 2 is 1.83 bits per heavy atom. The van der Waals surface area contributed by atoms with Gasteiger partial charge in [0.2, 0.25) is 0 Å². The molecule has 0 radical (unpaired) electrons. The molecular weight excluding hydrogens is 250 g/mol. The zero-order valence-corrected chi connectivity index (χ0v) is 11.8. The number of aryl methyl sites for hydroxylation is 1. The summed E-state index contributed by atoms with van der Waals surface area (Å²) >= 11 is 0. The third-order valence-corrected chi connectivity index (χ3v) is 2.80. The second kappa shape index (κ2) is 8.95. The van der Waals surface area contributed by atoms with Gasteiger partial charge in [-0.05, 0) is 30.4 Å². The standard InChI is InChI=1S/C14H21NO2.ClH/c1-3-4-5-11-6-8-12(9-7-11)10-13(15)14(16)17-2;/h6-9,13H,3-5,10,15H2,1-2H3;1H/t13-;/m0./s1. The summed E-state index contributed by atoms with van der Waals surface area (Å²) < 4.78 is 4.60. The lowest BCUT2D eigenvalue weighted by atomic mass is 10.0. The van der Waals surface area contributed by atoms with Crippen LogP contribution in [0.1, 0.15) is 30.9 Å². The number of hydrogen-bond donors (Lipinski definition) is 1. The highest BCUT2D eigenvalue weighted by atomic mass is 35.5. The van der Waals surface area contributed by atoms with Crippen molar-refractivity contribution >= 4 is 18.4 Å². The Labute approximate surface area is 115 Å². The molecule has 0 aliphatic rings. The number of esters is 1. The van der Waals surface area contributed by atoms with E-state index in [0.717, 1.165) is 12.0 Å². The number of carbonyl (C=O) groups is 1. The molecule has 0 saturated heterocycles. The van der Waals surface area contributed by atoms with E-state index in [1.54, 1.807) is 0 Å². The second-order valence-electron chi connectivity index (χ2n) is 4.25. The molecule has 102 valence electrons. The average molecular weight is 272 g/mol. The van der Waals surface area contributed by atoms with Crippen LogP contribution in [0.25, 0.3) is 0 Å². The smallest absolute Gasteiger partial charge is 0.322 e. The Morgan fingerprint density at radius 3 is 2.33 bits per heavy atom. The van der Waals surface area contributed by atoms with Gasteiger partial charge in [-0.25, -0.2) is 0 Å². The summed E-state index contributed by atoms with van der Waals surface area (Å²) in [4.78, 5) is 11.2. The Morgan fingerprint density at radius 1 is 1.28 bits per heavy atom. The van der Waals surface area contributed by atoms with E-state index in [1.807, 2.05) is 12.1 Å². The molecule has 1 aromatic rings. The highest BCUT2D eigenvalue weighted by Gasteiger charge is 2.13.